The van der Waals surface area contributed by atoms with Crippen molar-refractivity contribution in [2.24, 2.45) is 0 Å². The van der Waals surface area contributed by atoms with Gasteiger partial charge in [-0.05, 0) is 48.4 Å². The first-order valence-corrected chi connectivity index (χ1v) is 6.88. The van der Waals surface area contributed by atoms with Gasteiger partial charge in [0.2, 0.25) is 0 Å². The van der Waals surface area contributed by atoms with Crippen LogP contribution in [0.25, 0.3) is 10.9 Å². The third-order valence-corrected chi connectivity index (χ3v) is 3.98. The van der Waals surface area contributed by atoms with Gasteiger partial charge in [-0.3, -0.25) is 0 Å². The van der Waals surface area contributed by atoms with E-state index in [1.807, 2.05) is 25.1 Å². The second-order valence-electron chi connectivity index (χ2n) is 4.73. The summed E-state index contributed by atoms with van der Waals surface area (Å²) in [6.07, 6.45) is 2.09. The molecule has 1 aromatic heterocycles. The fourth-order valence-corrected chi connectivity index (χ4v) is 2.54. The molecular weight excluding hydrogens is 277 g/mol. The molecular formula is C16H13Cl2N. The van der Waals surface area contributed by atoms with E-state index < -0.39 is 0 Å². The summed E-state index contributed by atoms with van der Waals surface area (Å²) in [7, 11) is 0. The molecule has 0 aliphatic heterocycles. The average Bonchev–Trinajstić information content (AvgIpc) is 2.76. The van der Waals surface area contributed by atoms with Crippen LogP contribution in [-0.2, 0) is 6.54 Å². The van der Waals surface area contributed by atoms with E-state index in [0.29, 0.717) is 0 Å². The molecule has 0 saturated heterocycles. The largest absolute Gasteiger partial charge is 0.343 e. The lowest BCUT2D eigenvalue weighted by molar-refractivity contribution is 0.836. The zero-order chi connectivity index (χ0) is 13.4. The lowest BCUT2D eigenvalue weighted by atomic mass is 10.2. The Bertz CT molecular complexity index is 726. The first-order valence-electron chi connectivity index (χ1n) is 6.13. The molecule has 0 atom stereocenters. The number of fused-ring (bicyclic) bond motifs is 1. The summed E-state index contributed by atoms with van der Waals surface area (Å²) in [5.41, 5.74) is 3.54. The highest BCUT2D eigenvalue weighted by atomic mass is 35.5. The quantitative estimate of drug-likeness (QED) is 0.603. The summed E-state index contributed by atoms with van der Waals surface area (Å²) in [4.78, 5) is 0. The number of nitrogens with zero attached hydrogens (tertiary/aromatic N) is 1. The van der Waals surface area contributed by atoms with Gasteiger partial charge < -0.3 is 4.57 Å². The molecule has 0 bridgehead atoms. The van der Waals surface area contributed by atoms with Crippen LogP contribution < -0.4 is 0 Å². The second-order valence-corrected chi connectivity index (χ2v) is 5.57. The van der Waals surface area contributed by atoms with Crippen LogP contribution in [-0.4, -0.2) is 4.57 Å². The zero-order valence-electron chi connectivity index (χ0n) is 10.5. The minimum atomic E-state index is 0.767. The Kier molecular flexibility index (Phi) is 3.26. The molecule has 2 aromatic carbocycles. The van der Waals surface area contributed by atoms with E-state index in [4.69, 9.17) is 23.2 Å². The molecule has 0 fully saturated rings. The monoisotopic (exact) mass is 289 g/mol. The summed E-state index contributed by atoms with van der Waals surface area (Å²) in [5, 5.41) is 2.75. The molecule has 3 heteroatoms. The Hall–Kier alpha value is -1.44. The van der Waals surface area contributed by atoms with Gasteiger partial charge in [0.05, 0.1) is 0 Å². The van der Waals surface area contributed by atoms with Gasteiger partial charge in [0.1, 0.15) is 0 Å². The molecule has 0 aliphatic carbocycles. The maximum absolute atomic E-state index is 6.15. The van der Waals surface area contributed by atoms with E-state index in [2.05, 4.69) is 35.0 Å². The number of aromatic nitrogens is 1. The first-order chi connectivity index (χ1) is 9.13. The lowest BCUT2D eigenvalue weighted by Gasteiger charge is -2.07. The normalized spacial score (nSPS) is 11.1. The Morgan fingerprint density at radius 2 is 1.74 bits per heavy atom. The van der Waals surface area contributed by atoms with Crippen LogP contribution in [0.3, 0.4) is 0 Å². The van der Waals surface area contributed by atoms with Crippen molar-refractivity contribution in [1.82, 2.24) is 4.57 Å². The van der Waals surface area contributed by atoms with Gasteiger partial charge in [0, 0.05) is 33.7 Å². The van der Waals surface area contributed by atoms with Crippen molar-refractivity contribution in [2.75, 3.05) is 0 Å². The van der Waals surface area contributed by atoms with Crippen molar-refractivity contribution in [2.45, 2.75) is 13.5 Å². The summed E-state index contributed by atoms with van der Waals surface area (Å²) in [5.74, 6) is 0. The average molecular weight is 290 g/mol. The zero-order valence-corrected chi connectivity index (χ0v) is 12.0. The van der Waals surface area contributed by atoms with Gasteiger partial charge in [-0.1, -0.05) is 35.3 Å². The number of hydrogen-bond donors (Lipinski definition) is 0. The molecule has 0 unspecified atom stereocenters. The third-order valence-electron chi connectivity index (χ3n) is 3.32. The highest BCUT2D eigenvalue weighted by Crippen LogP contribution is 2.25. The fourth-order valence-electron chi connectivity index (χ4n) is 2.24. The Morgan fingerprint density at radius 3 is 2.47 bits per heavy atom. The number of halogens is 2. The number of rotatable bonds is 2. The molecule has 96 valence electrons. The van der Waals surface area contributed by atoms with Crippen molar-refractivity contribution >= 4 is 34.1 Å². The van der Waals surface area contributed by atoms with Gasteiger partial charge in [0.15, 0.2) is 0 Å². The Balaban J connectivity index is 2.01. The van der Waals surface area contributed by atoms with E-state index in [0.717, 1.165) is 22.2 Å². The van der Waals surface area contributed by atoms with E-state index >= 15 is 0 Å². The van der Waals surface area contributed by atoms with Crippen molar-refractivity contribution < 1.29 is 0 Å². The molecule has 0 amide bonds. The third kappa shape index (κ3) is 2.49. The standard InChI is InChI=1S/C16H13Cl2N/c1-11-8-16-13(9-15(11)18)6-7-19(16)10-12-2-4-14(17)5-3-12/h2-9H,10H2,1H3. The minimum Gasteiger partial charge on any atom is -0.343 e. The summed E-state index contributed by atoms with van der Waals surface area (Å²) >= 11 is 12.1. The second kappa shape index (κ2) is 4.92. The van der Waals surface area contributed by atoms with Crippen LogP contribution in [0, 0.1) is 6.92 Å². The van der Waals surface area contributed by atoms with E-state index in [1.165, 1.54) is 16.5 Å². The van der Waals surface area contributed by atoms with Crippen LogP contribution in [0.4, 0.5) is 0 Å². The van der Waals surface area contributed by atoms with Crippen LogP contribution in [0.15, 0.2) is 48.7 Å². The molecule has 3 aromatic rings. The topological polar surface area (TPSA) is 4.93 Å². The van der Waals surface area contributed by atoms with Crippen LogP contribution in [0.2, 0.25) is 10.0 Å². The molecule has 0 N–H and O–H groups in total. The molecule has 1 heterocycles. The molecule has 0 saturated carbocycles. The summed E-state index contributed by atoms with van der Waals surface area (Å²) in [6, 6.07) is 14.2. The van der Waals surface area contributed by atoms with Gasteiger partial charge in [-0.25, -0.2) is 0 Å². The van der Waals surface area contributed by atoms with Gasteiger partial charge in [-0.15, -0.1) is 0 Å². The smallest absolute Gasteiger partial charge is 0.0487 e. The van der Waals surface area contributed by atoms with E-state index in [-0.39, 0.29) is 0 Å². The number of hydrogen-bond acceptors (Lipinski definition) is 0. The predicted molar refractivity (Wildman–Crippen MR) is 82.2 cm³/mol. The van der Waals surface area contributed by atoms with E-state index in [9.17, 15) is 0 Å². The Morgan fingerprint density at radius 1 is 1.00 bits per heavy atom. The number of aryl methyl sites for hydroxylation is 1. The van der Waals surface area contributed by atoms with Crippen molar-refractivity contribution in [3.8, 4) is 0 Å². The molecule has 0 aliphatic rings. The molecule has 0 spiro atoms. The lowest BCUT2D eigenvalue weighted by Crippen LogP contribution is -1.97. The molecule has 1 nitrogen and oxygen atoms in total. The first kappa shape index (κ1) is 12.6. The maximum atomic E-state index is 6.15. The van der Waals surface area contributed by atoms with Crippen molar-refractivity contribution in [3.63, 3.8) is 0 Å². The van der Waals surface area contributed by atoms with Crippen LogP contribution in [0.1, 0.15) is 11.1 Å². The molecule has 0 radical (unpaired) electrons. The maximum Gasteiger partial charge on any atom is 0.0487 e. The van der Waals surface area contributed by atoms with Crippen molar-refractivity contribution in [1.29, 1.82) is 0 Å². The minimum absolute atomic E-state index is 0.767. The van der Waals surface area contributed by atoms with Gasteiger partial charge >= 0.3 is 0 Å². The SMILES string of the molecule is Cc1cc2c(ccn2Cc2ccc(Cl)cc2)cc1Cl. The van der Waals surface area contributed by atoms with Crippen LogP contribution in [0.5, 0.6) is 0 Å². The Labute approximate surface area is 122 Å². The summed E-state index contributed by atoms with van der Waals surface area (Å²) < 4.78 is 2.22. The van der Waals surface area contributed by atoms with E-state index in [1.54, 1.807) is 0 Å². The molecule has 19 heavy (non-hydrogen) atoms. The molecule has 3 rings (SSSR count). The highest BCUT2D eigenvalue weighted by Gasteiger charge is 2.05. The number of benzene rings is 2. The van der Waals surface area contributed by atoms with Crippen molar-refractivity contribution in [3.05, 3.63) is 69.8 Å². The van der Waals surface area contributed by atoms with Crippen LogP contribution >= 0.6 is 23.2 Å². The fraction of sp³-hybridized carbons (Fsp3) is 0.125. The van der Waals surface area contributed by atoms with Gasteiger partial charge in [0.25, 0.3) is 0 Å². The van der Waals surface area contributed by atoms with Gasteiger partial charge in [-0.2, -0.15) is 0 Å². The highest BCUT2D eigenvalue weighted by molar-refractivity contribution is 6.32. The predicted octanol–water partition coefficient (Wildman–Crippen LogP) is 5.30. The summed E-state index contributed by atoms with van der Waals surface area (Å²) in [6.45, 7) is 2.86.